The van der Waals surface area contributed by atoms with Crippen LogP contribution in [0.4, 0.5) is 21.6 Å². The van der Waals surface area contributed by atoms with Crippen LogP contribution in [0.15, 0.2) is 91.3 Å². The van der Waals surface area contributed by atoms with Gasteiger partial charge in [0.2, 0.25) is 11.8 Å². The number of nitrogens with one attached hydrogen (secondary N) is 2. The third-order valence-electron chi connectivity index (χ3n) is 12.7. The lowest BCUT2D eigenvalue weighted by atomic mass is 9.98. The number of piperazine rings is 1. The number of benzene rings is 4. The summed E-state index contributed by atoms with van der Waals surface area (Å²) in [5.41, 5.74) is 12.7. The molecule has 4 N–H and O–H groups in total. The van der Waals surface area contributed by atoms with Crippen LogP contribution >= 0.6 is 0 Å². The van der Waals surface area contributed by atoms with Gasteiger partial charge < -0.3 is 25.6 Å². The zero-order valence-corrected chi connectivity index (χ0v) is 35.4. The highest BCUT2D eigenvalue weighted by atomic mass is 19.1. The standard InChI is InChI=1S/C47H44FN11O6/c1-65-38-14-6-30(48)20-36(38)44(61)50-22-27-2-4-29(5-3-27)41-40-42(49)51-26-52-43(40)59(54-41)32-9-7-31(8-10-32)57-24-28(25-57)23-55-16-18-56(19-17-55)33-11-12-34-35(21-33)47(64)58(46(34)63)37-13-15-39(60)53-45(37)62/h2-12,14,20-21,26,28,37H,13,15-19,22-25H2,1H3,(H,50,61)(H2,49,51,52)(H,53,60,62)/t37-/m0/s1. The van der Waals surface area contributed by atoms with Gasteiger partial charge in [-0.3, -0.25) is 39.1 Å². The number of hydrogen-bond acceptors (Lipinski definition) is 13. The van der Waals surface area contributed by atoms with E-state index >= 15 is 0 Å². The predicted octanol–water partition coefficient (Wildman–Crippen LogP) is 3.80. The molecule has 65 heavy (non-hydrogen) atoms. The molecule has 330 valence electrons. The van der Waals surface area contributed by atoms with Crippen LogP contribution in [0.25, 0.3) is 28.0 Å². The highest BCUT2D eigenvalue weighted by molar-refractivity contribution is 6.23. The Balaban J connectivity index is 0.737. The number of nitrogen functional groups attached to an aromatic ring is 1. The molecule has 5 amide bonds. The van der Waals surface area contributed by atoms with E-state index in [1.54, 1.807) is 16.8 Å². The first kappa shape index (κ1) is 41.3. The fourth-order valence-corrected chi connectivity index (χ4v) is 9.18. The van der Waals surface area contributed by atoms with Crippen LogP contribution in [0, 0.1) is 11.7 Å². The molecule has 2 aromatic heterocycles. The fraction of sp³-hybridized carbons (Fsp3) is 0.277. The summed E-state index contributed by atoms with van der Waals surface area (Å²) >= 11 is 0. The van der Waals surface area contributed by atoms with Crippen molar-refractivity contribution in [2.75, 3.05) is 68.5 Å². The Kier molecular flexibility index (Phi) is 10.6. The van der Waals surface area contributed by atoms with Gasteiger partial charge in [0.15, 0.2) is 5.65 Å². The average Bonchev–Trinajstić information content (AvgIpc) is 3.82. The molecule has 4 aromatic carbocycles. The summed E-state index contributed by atoms with van der Waals surface area (Å²) < 4.78 is 20.8. The molecule has 0 aliphatic carbocycles. The molecule has 3 saturated heterocycles. The second kappa shape index (κ2) is 16.8. The van der Waals surface area contributed by atoms with E-state index in [1.165, 1.54) is 25.6 Å². The number of carbonyl (C=O) groups is 5. The molecule has 10 rings (SSSR count). The Morgan fingerprint density at radius 2 is 1.57 bits per heavy atom. The minimum absolute atomic E-state index is 0.0803. The van der Waals surface area contributed by atoms with Crippen molar-refractivity contribution in [2.45, 2.75) is 25.4 Å². The van der Waals surface area contributed by atoms with Gasteiger partial charge in [0.05, 0.1) is 34.9 Å². The Morgan fingerprint density at radius 3 is 2.31 bits per heavy atom. The molecule has 0 spiro atoms. The maximum atomic E-state index is 13.8. The van der Waals surface area contributed by atoms with Crippen LogP contribution in [-0.2, 0) is 16.1 Å². The lowest BCUT2D eigenvalue weighted by Crippen LogP contribution is -2.55. The number of nitrogens with two attached hydrogens (primary N) is 1. The maximum absolute atomic E-state index is 13.8. The number of ether oxygens (including phenoxy) is 1. The number of carbonyl (C=O) groups excluding carboxylic acids is 5. The van der Waals surface area contributed by atoms with Crippen molar-refractivity contribution in [3.8, 4) is 22.7 Å². The van der Waals surface area contributed by atoms with E-state index in [1.807, 2.05) is 42.5 Å². The molecule has 0 unspecified atom stereocenters. The Hall–Kier alpha value is -7.73. The number of aromatic nitrogens is 4. The Morgan fingerprint density at radius 1 is 0.846 bits per heavy atom. The number of rotatable bonds is 11. The van der Waals surface area contributed by atoms with Gasteiger partial charge in [-0.1, -0.05) is 24.3 Å². The second-order valence-electron chi connectivity index (χ2n) is 16.7. The predicted molar refractivity (Wildman–Crippen MR) is 238 cm³/mol. The monoisotopic (exact) mass is 877 g/mol. The fourth-order valence-electron chi connectivity index (χ4n) is 9.18. The number of amides is 5. The zero-order valence-electron chi connectivity index (χ0n) is 35.4. The quantitative estimate of drug-likeness (QED) is 0.159. The van der Waals surface area contributed by atoms with Crippen molar-refractivity contribution < 1.29 is 33.1 Å². The number of nitrogens with zero attached hydrogens (tertiary/aromatic N) is 8. The van der Waals surface area contributed by atoms with Crippen molar-refractivity contribution >= 4 is 57.8 Å². The van der Waals surface area contributed by atoms with Gasteiger partial charge in [0.25, 0.3) is 17.7 Å². The molecule has 0 bridgehead atoms. The van der Waals surface area contributed by atoms with E-state index in [2.05, 4.69) is 47.4 Å². The van der Waals surface area contributed by atoms with Crippen molar-refractivity contribution in [1.82, 2.24) is 40.2 Å². The Labute approximate surface area is 371 Å². The molecule has 6 heterocycles. The van der Waals surface area contributed by atoms with Gasteiger partial charge >= 0.3 is 0 Å². The van der Waals surface area contributed by atoms with E-state index in [-0.39, 0.29) is 36.3 Å². The van der Waals surface area contributed by atoms with Gasteiger partial charge in [-0.05, 0) is 72.6 Å². The number of fused-ring (bicyclic) bond motifs is 2. The SMILES string of the molecule is COc1ccc(F)cc1C(=O)NCc1ccc(-c2nn(-c3ccc(N4CC(CN5CCN(c6ccc7c(c6)C(=O)N([C@H]6CCC(=O)NC6=O)C7=O)CC5)C4)cc3)c3ncnc(N)c23)cc1. The summed E-state index contributed by atoms with van der Waals surface area (Å²) in [4.78, 5) is 80.3. The molecule has 17 nitrogen and oxygen atoms in total. The number of piperidine rings is 1. The summed E-state index contributed by atoms with van der Waals surface area (Å²) in [5.74, 6) is -1.90. The van der Waals surface area contributed by atoms with Crippen molar-refractivity contribution in [2.24, 2.45) is 5.92 Å². The Bertz CT molecular complexity index is 2890. The lowest BCUT2D eigenvalue weighted by Gasteiger charge is -2.45. The summed E-state index contributed by atoms with van der Waals surface area (Å²) in [6, 6.07) is 23.9. The summed E-state index contributed by atoms with van der Waals surface area (Å²) in [7, 11) is 1.43. The third-order valence-corrected chi connectivity index (χ3v) is 12.7. The van der Waals surface area contributed by atoms with Crippen LogP contribution in [0.1, 0.15) is 49.5 Å². The summed E-state index contributed by atoms with van der Waals surface area (Å²) in [6.07, 6.45) is 1.63. The van der Waals surface area contributed by atoms with E-state index in [4.69, 9.17) is 15.6 Å². The summed E-state index contributed by atoms with van der Waals surface area (Å²) in [5, 5.41) is 10.6. The number of halogens is 1. The van der Waals surface area contributed by atoms with Crippen LogP contribution in [0.2, 0.25) is 0 Å². The largest absolute Gasteiger partial charge is 0.496 e. The lowest BCUT2D eigenvalue weighted by molar-refractivity contribution is -0.136. The van der Waals surface area contributed by atoms with Gasteiger partial charge in [-0.2, -0.15) is 5.10 Å². The highest BCUT2D eigenvalue weighted by Gasteiger charge is 2.45. The van der Waals surface area contributed by atoms with E-state index in [0.29, 0.717) is 34.0 Å². The first-order valence-electron chi connectivity index (χ1n) is 21.4. The molecular weight excluding hydrogens is 834 g/mol. The normalized spacial score (nSPS) is 17.9. The van der Waals surface area contributed by atoms with Gasteiger partial charge in [0, 0.05) is 81.6 Å². The molecule has 1 atom stereocenters. The van der Waals surface area contributed by atoms with Crippen LogP contribution in [-0.4, -0.2) is 118 Å². The minimum atomic E-state index is -0.988. The number of anilines is 3. The molecular formula is C47H44FN11O6. The van der Waals surface area contributed by atoms with Crippen LogP contribution < -0.4 is 30.9 Å². The topological polar surface area (TPSA) is 201 Å². The first-order chi connectivity index (χ1) is 31.5. The smallest absolute Gasteiger partial charge is 0.262 e. The van der Waals surface area contributed by atoms with Crippen LogP contribution in [0.3, 0.4) is 0 Å². The molecule has 4 aliphatic heterocycles. The average molecular weight is 878 g/mol. The number of imide groups is 2. The van der Waals surface area contributed by atoms with E-state index < -0.39 is 41.4 Å². The second-order valence-corrected chi connectivity index (χ2v) is 16.7. The van der Waals surface area contributed by atoms with E-state index in [0.717, 1.165) is 85.0 Å². The van der Waals surface area contributed by atoms with Crippen LogP contribution in [0.5, 0.6) is 5.75 Å². The molecule has 6 aromatic rings. The maximum Gasteiger partial charge on any atom is 0.262 e. The van der Waals surface area contributed by atoms with Crippen molar-refractivity contribution in [3.05, 3.63) is 119 Å². The molecule has 0 saturated carbocycles. The molecule has 4 aliphatic rings. The number of methoxy groups -OCH3 is 1. The van der Waals surface area contributed by atoms with Gasteiger partial charge in [0.1, 0.15) is 35.4 Å². The van der Waals surface area contributed by atoms with Crippen molar-refractivity contribution in [3.63, 3.8) is 0 Å². The van der Waals surface area contributed by atoms with Gasteiger partial charge in [-0.25, -0.2) is 19.0 Å². The molecule has 18 heteroatoms. The first-order valence-corrected chi connectivity index (χ1v) is 21.4. The third kappa shape index (κ3) is 7.75. The van der Waals surface area contributed by atoms with E-state index in [9.17, 15) is 28.4 Å². The molecule has 3 fully saturated rings. The van der Waals surface area contributed by atoms with Crippen molar-refractivity contribution in [1.29, 1.82) is 0 Å². The molecule has 0 radical (unpaired) electrons. The number of hydrogen-bond donors (Lipinski definition) is 3. The summed E-state index contributed by atoms with van der Waals surface area (Å²) in [6.45, 7) is 6.33. The minimum Gasteiger partial charge on any atom is -0.496 e. The highest BCUT2D eigenvalue weighted by Crippen LogP contribution is 2.34. The van der Waals surface area contributed by atoms with Gasteiger partial charge in [-0.15, -0.1) is 0 Å². The zero-order chi connectivity index (χ0) is 44.9.